The molecule has 1 aliphatic heterocycles. The Morgan fingerprint density at radius 1 is 1.43 bits per heavy atom. The summed E-state index contributed by atoms with van der Waals surface area (Å²) in [6, 6.07) is 4.83. The highest BCUT2D eigenvalue weighted by Gasteiger charge is 2.28. The van der Waals surface area contributed by atoms with Crippen molar-refractivity contribution in [2.45, 2.75) is 31.7 Å². The Labute approximate surface area is 141 Å². The molecule has 1 fully saturated rings. The lowest BCUT2D eigenvalue weighted by Gasteiger charge is -2.35. The number of carbonyl (C=O) groups excluding carboxylic acids is 1. The molecule has 1 heterocycles. The zero-order valence-electron chi connectivity index (χ0n) is 11.3. The highest BCUT2D eigenvalue weighted by molar-refractivity contribution is 14.1. The molecule has 0 radical (unpaired) electrons. The van der Waals surface area contributed by atoms with Crippen molar-refractivity contribution in [2.75, 3.05) is 11.9 Å². The maximum atomic E-state index is 12.4. The fourth-order valence-corrected chi connectivity index (χ4v) is 3.36. The highest BCUT2D eigenvalue weighted by atomic mass is 127. The summed E-state index contributed by atoms with van der Waals surface area (Å²) in [5.41, 5.74) is 0.543. The quantitative estimate of drug-likeness (QED) is 0.728. The van der Waals surface area contributed by atoms with Gasteiger partial charge in [0.05, 0.1) is 17.1 Å². The number of nitrogens with one attached hydrogen (secondary N) is 1. The van der Waals surface area contributed by atoms with Crippen molar-refractivity contribution in [1.29, 1.82) is 0 Å². The lowest BCUT2D eigenvalue weighted by atomic mass is 10.00. The van der Waals surface area contributed by atoms with E-state index in [-0.39, 0.29) is 18.5 Å². The molecule has 0 spiro atoms. The molecule has 1 aliphatic rings. The van der Waals surface area contributed by atoms with Crippen LogP contribution in [0.15, 0.2) is 18.2 Å². The molecule has 0 saturated carbocycles. The van der Waals surface area contributed by atoms with Gasteiger partial charge < -0.3 is 15.3 Å². The number of carbonyl (C=O) groups is 2. The van der Waals surface area contributed by atoms with E-state index in [2.05, 4.69) is 27.9 Å². The molecule has 1 unspecified atom stereocenters. The number of rotatable bonds is 3. The molecule has 21 heavy (non-hydrogen) atoms. The normalized spacial score (nSPS) is 18.4. The number of benzene rings is 1. The Morgan fingerprint density at radius 3 is 2.86 bits per heavy atom. The first-order chi connectivity index (χ1) is 9.97. The van der Waals surface area contributed by atoms with Crippen LogP contribution in [0.4, 0.5) is 10.5 Å². The number of aliphatic carboxylic acids is 1. The SMILES string of the molecule is O=C(O)CC1CCCCN1C(=O)Nc1ccc(I)cc1Cl. The Hall–Kier alpha value is -1.02. The topological polar surface area (TPSA) is 69.6 Å². The molecular weight excluding hydrogens is 407 g/mol. The second kappa shape index (κ2) is 7.31. The number of nitrogens with zero attached hydrogens (tertiary/aromatic N) is 1. The number of piperidine rings is 1. The van der Waals surface area contributed by atoms with Gasteiger partial charge >= 0.3 is 12.0 Å². The van der Waals surface area contributed by atoms with Crippen LogP contribution in [0.25, 0.3) is 0 Å². The van der Waals surface area contributed by atoms with Gasteiger partial charge in [-0.3, -0.25) is 4.79 Å². The van der Waals surface area contributed by atoms with Crippen LogP contribution >= 0.6 is 34.2 Å². The van der Waals surface area contributed by atoms with Crippen LogP contribution in [-0.4, -0.2) is 34.6 Å². The van der Waals surface area contributed by atoms with Crippen LogP contribution in [0.1, 0.15) is 25.7 Å². The van der Waals surface area contributed by atoms with Crippen LogP contribution in [0.2, 0.25) is 5.02 Å². The standard InChI is InChI=1S/C14H16ClIN2O3/c15-11-7-9(16)4-5-12(11)17-14(21)18-6-2-1-3-10(18)8-13(19)20/h4-5,7,10H,1-3,6,8H2,(H,17,21)(H,19,20). The molecule has 5 nitrogen and oxygen atoms in total. The molecule has 1 atom stereocenters. The average Bonchev–Trinajstić information content (AvgIpc) is 2.42. The van der Waals surface area contributed by atoms with E-state index in [1.54, 1.807) is 17.0 Å². The first kappa shape index (κ1) is 16.4. The number of urea groups is 1. The molecule has 2 N–H and O–H groups in total. The summed E-state index contributed by atoms with van der Waals surface area (Å²) in [5, 5.41) is 12.2. The molecule has 2 amide bonds. The van der Waals surface area contributed by atoms with E-state index in [1.165, 1.54) is 0 Å². The van der Waals surface area contributed by atoms with Gasteiger partial charge in [0.15, 0.2) is 0 Å². The van der Waals surface area contributed by atoms with Crippen molar-refractivity contribution in [3.8, 4) is 0 Å². The number of anilines is 1. The second-order valence-corrected chi connectivity index (χ2v) is 6.65. The maximum absolute atomic E-state index is 12.4. The van der Waals surface area contributed by atoms with Crippen LogP contribution in [-0.2, 0) is 4.79 Å². The molecule has 7 heteroatoms. The van der Waals surface area contributed by atoms with Gasteiger partial charge in [-0.05, 0) is 60.1 Å². The van der Waals surface area contributed by atoms with Crippen molar-refractivity contribution in [1.82, 2.24) is 4.90 Å². The summed E-state index contributed by atoms with van der Waals surface area (Å²) in [6.07, 6.45) is 2.55. The van der Waals surface area contributed by atoms with Crippen LogP contribution < -0.4 is 5.32 Å². The van der Waals surface area contributed by atoms with Gasteiger partial charge in [0, 0.05) is 16.2 Å². The molecule has 1 saturated heterocycles. The number of amides is 2. The number of carboxylic acid groups (broad SMARTS) is 1. The molecule has 1 aromatic rings. The van der Waals surface area contributed by atoms with E-state index in [0.29, 0.717) is 17.3 Å². The zero-order valence-corrected chi connectivity index (χ0v) is 14.2. The van der Waals surface area contributed by atoms with E-state index in [1.807, 2.05) is 6.07 Å². The smallest absolute Gasteiger partial charge is 0.322 e. The van der Waals surface area contributed by atoms with Crippen LogP contribution in [0.3, 0.4) is 0 Å². The van der Waals surface area contributed by atoms with Crippen molar-refractivity contribution in [3.05, 3.63) is 26.8 Å². The van der Waals surface area contributed by atoms with E-state index >= 15 is 0 Å². The van der Waals surface area contributed by atoms with Crippen molar-refractivity contribution < 1.29 is 14.7 Å². The summed E-state index contributed by atoms with van der Waals surface area (Å²) >= 11 is 8.24. The zero-order chi connectivity index (χ0) is 15.4. The predicted octanol–water partition coefficient (Wildman–Crippen LogP) is 3.81. The van der Waals surface area contributed by atoms with Crippen LogP contribution in [0, 0.1) is 3.57 Å². The number of carboxylic acids is 1. The van der Waals surface area contributed by atoms with Gasteiger partial charge in [-0.15, -0.1) is 0 Å². The largest absolute Gasteiger partial charge is 0.481 e. The summed E-state index contributed by atoms with van der Waals surface area (Å²) in [7, 11) is 0. The van der Waals surface area contributed by atoms with Gasteiger partial charge in [-0.2, -0.15) is 0 Å². The van der Waals surface area contributed by atoms with Crippen molar-refractivity contribution >= 4 is 51.9 Å². The molecule has 114 valence electrons. The summed E-state index contributed by atoms with van der Waals surface area (Å²) in [4.78, 5) is 24.9. The van der Waals surface area contributed by atoms with Crippen molar-refractivity contribution in [2.24, 2.45) is 0 Å². The lowest BCUT2D eigenvalue weighted by Crippen LogP contribution is -2.46. The number of hydrogen-bond donors (Lipinski definition) is 2. The minimum Gasteiger partial charge on any atom is -0.481 e. The van der Waals surface area contributed by atoms with E-state index in [0.717, 1.165) is 22.8 Å². The number of likely N-dealkylation sites (tertiary alicyclic amines) is 1. The highest BCUT2D eigenvalue weighted by Crippen LogP contribution is 2.26. The molecule has 1 aromatic carbocycles. The first-order valence-corrected chi connectivity index (χ1v) is 8.17. The fraction of sp³-hybridized carbons (Fsp3) is 0.429. The van der Waals surface area contributed by atoms with Gasteiger partial charge in [-0.25, -0.2) is 4.79 Å². The molecule has 0 bridgehead atoms. The summed E-state index contributed by atoms with van der Waals surface area (Å²) < 4.78 is 0.984. The first-order valence-electron chi connectivity index (χ1n) is 6.72. The number of hydrogen-bond acceptors (Lipinski definition) is 2. The molecule has 0 aromatic heterocycles. The minimum atomic E-state index is -0.882. The van der Waals surface area contributed by atoms with Gasteiger partial charge in [0.1, 0.15) is 0 Å². The van der Waals surface area contributed by atoms with E-state index < -0.39 is 5.97 Å². The maximum Gasteiger partial charge on any atom is 0.322 e. The van der Waals surface area contributed by atoms with E-state index in [4.69, 9.17) is 16.7 Å². The van der Waals surface area contributed by atoms with Crippen molar-refractivity contribution in [3.63, 3.8) is 0 Å². The third kappa shape index (κ3) is 4.47. The van der Waals surface area contributed by atoms with E-state index in [9.17, 15) is 9.59 Å². The third-order valence-electron chi connectivity index (χ3n) is 3.47. The Bertz CT molecular complexity index is 553. The van der Waals surface area contributed by atoms with Crippen LogP contribution in [0.5, 0.6) is 0 Å². The van der Waals surface area contributed by atoms with Gasteiger partial charge in [0.25, 0.3) is 0 Å². The second-order valence-electron chi connectivity index (χ2n) is 5.00. The summed E-state index contributed by atoms with van der Waals surface area (Å²) in [6.45, 7) is 0.575. The third-order valence-corrected chi connectivity index (χ3v) is 4.45. The average molecular weight is 423 g/mol. The monoisotopic (exact) mass is 422 g/mol. The molecule has 2 rings (SSSR count). The minimum absolute atomic E-state index is 0.0200. The fourth-order valence-electron chi connectivity index (χ4n) is 2.46. The lowest BCUT2D eigenvalue weighted by molar-refractivity contribution is -0.138. The van der Waals surface area contributed by atoms with Gasteiger partial charge in [-0.1, -0.05) is 11.6 Å². The Morgan fingerprint density at radius 2 is 2.19 bits per heavy atom. The Balaban J connectivity index is 2.08. The molecule has 0 aliphatic carbocycles. The Kier molecular flexibility index (Phi) is 5.69. The summed E-state index contributed by atoms with van der Waals surface area (Å²) in [5.74, 6) is -0.882. The molecular formula is C14H16ClIN2O3. The number of halogens is 2. The predicted molar refractivity (Wildman–Crippen MR) is 89.8 cm³/mol. The van der Waals surface area contributed by atoms with Gasteiger partial charge in [0.2, 0.25) is 0 Å².